The summed E-state index contributed by atoms with van der Waals surface area (Å²) in [6.07, 6.45) is 11.9. The molecule has 2 fully saturated rings. The second-order valence-corrected chi connectivity index (χ2v) is 9.46. The molecule has 0 atom stereocenters. The molecule has 5 nitrogen and oxygen atoms in total. The molecule has 4 heterocycles. The van der Waals surface area contributed by atoms with E-state index in [9.17, 15) is 4.79 Å². The standard InChI is InChI=1S/C22H28N4OS/c27-22(17-4-10-23-11-5-17)26-12-6-16(7-13-26)21-24-19-8-14-25(18-2-1-3-18)15-9-20(19)28-21/h4-5,10-11,16,18H,1-3,6-9,12-15H2. The van der Waals surface area contributed by atoms with E-state index in [4.69, 9.17) is 4.98 Å². The number of nitrogens with zero attached hydrogens (tertiary/aromatic N) is 4. The lowest BCUT2D eigenvalue weighted by Gasteiger charge is -2.36. The molecule has 0 bridgehead atoms. The maximum absolute atomic E-state index is 12.6. The van der Waals surface area contributed by atoms with Crippen LogP contribution in [-0.4, -0.2) is 57.9 Å². The third-order valence-corrected chi connectivity index (χ3v) is 8.03. The molecule has 148 valence electrons. The third kappa shape index (κ3) is 3.60. The van der Waals surface area contributed by atoms with Crippen LogP contribution >= 0.6 is 11.3 Å². The Morgan fingerprint density at radius 1 is 1.00 bits per heavy atom. The minimum Gasteiger partial charge on any atom is -0.339 e. The number of fused-ring (bicyclic) bond motifs is 1. The molecular formula is C22H28N4OS. The van der Waals surface area contributed by atoms with E-state index in [1.807, 2.05) is 16.2 Å². The molecule has 1 amide bonds. The fourth-order valence-corrected chi connectivity index (χ4v) is 5.97. The van der Waals surface area contributed by atoms with Crippen LogP contribution in [0.3, 0.4) is 0 Å². The van der Waals surface area contributed by atoms with Crippen molar-refractivity contribution in [3.05, 3.63) is 45.7 Å². The van der Waals surface area contributed by atoms with Crippen LogP contribution in [0.5, 0.6) is 0 Å². The van der Waals surface area contributed by atoms with Crippen LogP contribution in [0.4, 0.5) is 0 Å². The molecule has 3 aliphatic rings. The van der Waals surface area contributed by atoms with Gasteiger partial charge in [-0.05, 0) is 44.2 Å². The van der Waals surface area contributed by atoms with Crippen LogP contribution in [0.1, 0.15) is 64.0 Å². The fourth-order valence-electron chi connectivity index (χ4n) is 4.70. The molecule has 28 heavy (non-hydrogen) atoms. The summed E-state index contributed by atoms with van der Waals surface area (Å²) in [5, 5.41) is 1.32. The molecule has 0 unspecified atom stereocenters. The highest BCUT2D eigenvalue weighted by Gasteiger charge is 2.30. The topological polar surface area (TPSA) is 49.3 Å². The van der Waals surface area contributed by atoms with E-state index in [0.29, 0.717) is 5.92 Å². The lowest BCUT2D eigenvalue weighted by Crippen LogP contribution is -2.41. The molecule has 1 saturated carbocycles. The summed E-state index contributed by atoms with van der Waals surface area (Å²) in [5.41, 5.74) is 2.10. The van der Waals surface area contributed by atoms with Crippen LogP contribution in [0, 0.1) is 0 Å². The Hall–Kier alpha value is -1.79. The molecule has 0 spiro atoms. The molecule has 2 aromatic rings. The molecule has 0 aromatic carbocycles. The van der Waals surface area contributed by atoms with Gasteiger partial charge in [0.25, 0.3) is 5.91 Å². The van der Waals surface area contributed by atoms with Gasteiger partial charge in [0, 0.05) is 67.4 Å². The highest BCUT2D eigenvalue weighted by atomic mass is 32.1. The molecule has 0 radical (unpaired) electrons. The maximum atomic E-state index is 12.6. The summed E-state index contributed by atoms with van der Waals surface area (Å²) in [7, 11) is 0. The number of rotatable bonds is 3. The predicted molar refractivity (Wildman–Crippen MR) is 111 cm³/mol. The number of aromatic nitrogens is 2. The van der Waals surface area contributed by atoms with Crippen molar-refractivity contribution in [3.8, 4) is 0 Å². The first-order valence-electron chi connectivity index (χ1n) is 10.7. The Bertz CT molecular complexity index is 799. The Balaban J connectivity index is 1.19. The number of hydrogen-bond donors (Lipinski definition) is 0. The first kappa shape index (κ1) is 18.3. The van der Waals surface area contributed by atoms with Crippen molar-refractivity contribution >= 4 is 17.2 Å². The van der Waals surface area contributed by atoms with E-state index in [-0.39, 0.29) is 5.91 Å². The SMILES string of the molecule is O=C(c1ccncc1)N1CCC(c2nc3c(s2)CCN(C2CCC2)CC3)CC1. The number of amides is 1. The van der Waals surface area contributed by atoms with E-state index < -0.39 is 0 Å². The zero-order valence-electron chi connectivity index (χ0n) is 16.3. The summed E-state index contributed by atoms with van der Waals surface area (Å²) in [6.45, 7) is 4.04. The summed E-state index contributed by atoms with van der Waals surface area (Å²) in [6, 6.07) is 4.45. The lowest BCUT2D eigenvalue weighted by atomic mass is 9.91. The molecule has 2 aliphatic heterocycles. The zero-order chi connectivity index (χ0) is 18.9. The number of carbonyl (C=O) groups is 1. The van der Waals surface area contributed by atoms with Crippen molar-refractivity contribution in [2.45, 2.75) is 56.9 Å². The Morgan fingerprint density at radius 3 is 2.46 bits per heavy atom. The lowest BCUT2D eigenvalue weighted by molar-refractivity contribution is 0.0712. The summed E-state index contributed by atoms with van der Waals surface area (Å²) >= 11 is 1.95. The van der Waals surface area contributed by atoms with Crippen LogP contribution < -0.4 is 0 Å². The number of likely N-dealkylation sites (tertiary alicyclic amines) is 1. The second-order valence-electron chi connectivity index (χ2n) is 8.35. The largest absolute Gasteiger partial charge is 0.339 e. The third-order valence-electron chi connectivity index (χ3n) is 6.71. The number of pyridine rings is 1. The van der Waals surface area contributed by atoms with E-state index in [0.717, 1.165) is 44.0 Å². The molecule has 1 saturated heterocycles. The second kappa shape index (κ2) is 7.91. The van der Waals surface area contributed by atoms with Crippen LogP contribution in [0.25, 0.3) is 0 Å². The maximum Gasteiger partial charge on any atom is 0.253 e. The molecular weight excluding hydrogens is 368 g/mol. The number of piperidine rings is 1. The van der Waals surface area contributed by atoms with Gasteiger partial charge in [-0.2, -0.15) is 0 Å². The van der Waals surface area contributed by atoms with E-state index in [2.05, 4.69) is 9.88 Å². The van der Waals surface area contributed by atoms with Gasteiger partial charge in [-0.1, -0.05) is 6.42 Å². The summed E-state index contributed by atoms with van der Waals surface area (Å²) in [4.78, 5) is 27.9. The van der Waals surface area contributed by atoms with Crippen molar-refractivity contribution in [3.63, 3.8) is 0 Å². The number of thiazole rings is 1. The summed E-state index contributed by atoms with van der Waals surface area (Å²) in [5.74, 6) is 0.646. The van der Waals surface area contributed by atoms with Crippen LogP contribution in [-0.2, 0) is 12.8 Å². The first-order chi connectivity index (χ1) is 13.8. The number of hydrogen-bond acceptors (Lipinski definition) is 5. The van der Waals surface area contributed by atoms with Gasteiger partial charge in [-0.3, -0.25) is 14.7 Å². The average molecular weight is 397 g/mol. The van der Waals surface area contributed by atoms with Gasteiger partial charge in [-0.15, -0.1) is 11.3 Å². The van der Waals surface area contributed by atoms with Gasteiger partial charge < -0.3 is 4.90 Å². The van der Waals surface area contributed by atoms with Gasteiger partial charge >= 0.3 is 0 Å². The Kier molecular flexibility index (Phi) is 5.16. The van der Waals surface area contributed by atoms with Crippen molar-refractivity contribution in [1.82, 2.24) is 19.8 Å². The number of carbonyl (C=O) groups excluding carboxylic acids is 1. The Labute approximate surface area is 170 Å². The summed E-state index contributed by atoms with van der Waals surface area (Å²) < 4.78 is 0. The molecule has 2 aromatic heterocycles. The normalized spacial score (nSPS) is 21.8. The zero-order valence-corrected chi connectivity index (χ0v) is 17.2. The fraction of sp³-hybridized carbons (Fsp3) is 0.591. The molecule has 1 aliphatic carbocycles. The van der Waals surface area contributed by atoms with Crippen LogP contribution in [0.2, 0.25) is 0 Å². The van der Waals surface area contributed by atoms with Crippen molar-refractivity contribution in [1.29, 1.82) is 0 Å². The molecule has 0 N–H and O–H groups in total. The smallest absolute Gasteiger partial charge is 0.253 e. The minimum atomic E-state index is 0.131. The van der Waals surface area contributed by atoms with E-state index in [1.54, 1.807) is 24.5 Å². The van der Waals surface area contributed by atoms with E-state index in [1.165, 1.54) is 54.4 Å². The van der Waals surface area contributed by atoms with Gasteiger partial charge in [0.1, 0.15) is 0 Å². The van der Waals surface area contributed by atoms with Gasteiger partial charge in [-0.25, -0.2) is 4.98 Å². The first-order valence-corrected chi connectivity index (χ1v) is 11.5. The molecule has 6 heteroatoms. The highest BCUT2D eigenvalue weighted by Crippen LogP contribution is 2.35. The van der Waals surface area contributed by atoms with Crippen LogP contribution in [0.15, 0.2) is 24.5 Å². The predicted octanol–water partition coefficient (Wildman–Crippen LogP) is 3.51. The average Bonchev–Trinajstić information content (AvgIpc) is 3.02. The van der Waals surface area contributed by atoms with Crippen molar-refractivity contribution in [2.75, 3.05) is 26.2 Å². The molecule has 5 rings (SSSR count). The van der Waals surface area contributed by atoms with Crippen molar-refractivity contribution in [2.24, 2.45) is 0 Å². The highest BCUT2D eigenvalue weighted by molar-refractivity contribution is 7.11. The van der Waals surface area contributed by atoms with Gasteiger partial charge in [0.05, 0.1) is 10.7 Å². The van der Waals surface area contributed by atoms with Crippen molar-refractivity contribution < 1.29 is 4.79 Å². The van der Waals surface area contributed by atoms with E-state index >= 15 is 0 Å². The van der Waals surface area contributed by atoms with Gasteiger partial charge in [0.2, 0.25) is 0 Å². The minimum absolute atomic E-state index is 0.131. The monoisotopic (exact) mass is 396 g/mol. The van der Waals surface area contributed by atoms with Gasteiger partial charge in [0.15, 0.2) is 0 Å². The quantitative estimate of drug-likeness (QED) is 0.797. The Morgan fingerprint density at radius 2 is 1.75 bits per heavy atom.